The van der Waals surface area contributed by atoms with Crippen LogP contribution in [0.15, 0.2) is 24.3 Å². The molecule has 0 bridgehead atoms. The number of carbonyl (C=O) groups is 4. The van der Waals surface area contributed by atoms with E-state index in [0.29, 0.717) is 12.1 Å². The fourth-order valence-corrected chi connectivity index (χ4v) is 2.09. The van der Waals surface area contributed by atoms with Crippen LogP contribution in [0.25, 0.3) is 0 Å². The van der Waals surface area contributed by atoms with Crippen LogP contribution < -0.4 is 16.4 Å². The number of carboxylic acids is 1. The Morgan fingerprint density at radius 3 is 2.42 bits per heavy atom. The summed E-state index contributed by atoms with van der Waals surface area (Å²) >= 11 is 0. The van der Waals surface area contributed by atoms with E-state index in [1.54, 1.807) is 32.0 Å². The maximum absolute atomic E-state index is 12.3. The predicted molar refractivity (Wildman–Crippen MR) is 87.5 cm³/mol. The molecule has 2 atom stereocenters. The van der Waals surface area contributed by atoms with E-state index >= 15 is 0 Å². The van der Waals surface area contributed by atoms with Crippen LogP contribution >= 0.6 is 0 Å². The number of carboxylic acid groups (broad SMARTS) is 1. The van der Waals surface area contributed by atoms with Gasteiger partial charge in [-0.3, -0.25) is 14.4 Å². The first-order chi connectivity index (χ1) is 11.3. The number of hydrogen-bond acceptors (Lipinski definition) is 5. The van der Waals surface area contributed by atoms with Crippen molar-refractivity contribution in [3.63, 3.8) is 0 Å². The molecule has 0 saturated carbocycles. The first-order valence-electron chi connectivity index (χ1n) is 7.39. The molecule has 1 aromatic carbocycles. The number of rotatable bonds is 9. The number of aliphatic carboxylic acids is 1. The zero-order valence-electron chi connectivity index (χ0n) is 13.5. The Morgan fingerprint density at radius 2 is 1.88 bits per heavy atom. The normalized spacial score (nSPS) is 13.0. The average molecular weight is 335 g/mol. The lowest BCUT2D eigenvalue weighted by Gasteiger charge is -2.20. The highest BCUT2D eigenvalue weighted by Gasteiger charge is 2.27. The van der Waals surface area contributed by atoms with Gasteiger partial charge in [0.25, 0.3) is 0 Å². The number of ketones is 1. The molecule has 1 aromatic rings. The molecule has 130 valence electrons. The van der Waals surface area contributed by atoms with Crippen molar-refractivity contribution in [3.05, 3.63) is 29.8 Å². The van der Waals surface area contributed by atoms with Crippen molar-refractivity contribution in [2.45, 2.75) is 32.4 Å². The van der Waals surface area contributed by atoms with Gasteiger partial charge in [0.15, 0.2) is 5.78 Å². The van der Waals surface area contributed by atoms with Crippen LogP contribution in [0, 0.1) is 5.92 Å². The number of para-hydroxylation sites is 1. The molecule has 0 fully saturated rings. The van der Waals surface area contributed by atoms with Gasteiger partial charge >= 0.3 is 5.97 Å². The minimum Gasteiger partial charge on any atom is -0.480 e. The topological polar surface area (TPSA) is 139 Å². The van der Waals surface area contributed by atoms with Crippen LogP contribution in [0.2, 0.25) is 0 Å². The second kappa shape index (κ2) is 8.78. The summed E-state index contributed by atoms with van der Waals surface area (Å²) in [5, 5.41) is 13.8. The molecule has 0 spiro atoms. The Balaban J connectivity index is 2.78. The van der Waals surface area contributed by atoms with Gasteiger partial charge in [0.1, 0.15) is 6.04 Å². The lowest BCUT2D eigenvalue weighted by Crippen LogP contribution is -2.51. The largest absolute Gasteiger partial charge is 0.480 e. The molecule has 8 nitrogen and oxygen atoms in total. The zero-order chi connectivity index (χ0) is 18.3. The molecule has 0 aliphatic carbocycles. The highest BCUT2D eigenvalue weighted by molar-refractivity contribution is 6.05. The maximum Gasteiger partial charge on any atom is 0.326 e. The first kappa shape index (κ1) is 19.3. The molecule has 0 aliphatic heterocycles. The van der Waals surface area contributed by atoms with Crippen molar-refractivity contribution < 1.29 is 24.3 Å². The number of carbonyl (C=O) groups excluding carboxylic acids is 3. The Bertz CT molecular complexity index is 630. The second-order valence-corrected chi connectivity index (χ2v) is 5.61. The quantitative estimate of drug-likeness (QED) is 0.380. The van der Waals surface area contributed by atoms with Gasteiger partial charge in [-0.15, -0.1) is 0 Å². The smallest absolute Gasteiger partial charge is 0.326 e. The predicted octanol–water partition coefficient (Wildman–Crippen LogP) is 0.380. The minimum atomic E-state index is -1.19. The Labute approximate surface area is 139 Å². The number of anilines is 1. The number of nitrogens with two attached hydrogens (primary N) is 1. The van der Waals surface area contributed by atoms with Crippen LogP contribution in [0.3, 0.4) is 0 Å². The number of hydrogen-bond donors (Lipinski definition) is 4. The van der Waals surface area contributed by atoms with Crippen molar-refractivity contribution >= 4 is 29.8 Å². The molecule has 0 saturated heterocycles. The number of Topliss-reactive ketones (excluding diaryl/α,β-unsaturated/α-hetero) is 1. The van der Waals surface area contributed by atoms with Gasteiger partial charge in [-0.25, -0.2) is 4.79 Å². The van der Waals surface area contributed by atoms with Gasteiger partial charge in [0.05, 0.1) is 11.7 Å². The van der Waals surface area contributed by atoms with E-state index < -0.39 is 29.7 Å². The van der Waals surface area contributed by atoms with Crippen molar-refractivity contribution in [2.75, 3.05) is 5.32 Å². The van der Waals surface area contributed by atoms with Crippen LogP contribution in [-0.2, 0) is 14.4 Å². The third kappa shape index (κ3) is 5.17. The van der Waals surface area contributed by atoms with Crippen LogP contribution in [0.1, 0.15) is 30.6 Å². The van der Waals surface area contributed by atoms with E-state index in [4.69, 9.17) is 10.8 Å². The minimum absolute atomic E-state index is 0.228. The standard InChI is InChI=1S/C16H21N3O5/c1-9(2)14(16(23)24)19-15(22)11(17)7-13(21)10-5-3-4-6-12(10)18-8-20/h3-6,8-9,11,14H,7,17H2,1-2H3,(H,18,20)(H,19,22)(H,23,24). The Hall–Kier alpha value is -2.74. The fourth-order valence-electron chi connectivity index (χ4n) is 2.09. The fraction of sp³-hybridized carbons (Fsp3) is 0.375. The highest BCUT2D eigenvalue weighted by Crippen LogP contribution is 2.17. The summed E-state index contributed by atoms with van der Waals surface area (Å²) < 4.78 is 0. The van der Waals surface area contributed by atoms with Crippen molar-refractivity contribution in [2.24, 2.45) is 11.7 Å². The third-order valence-electron chi connectivity index (χ3n) is 3.41. The summed E-state index contributed by atoms with van der Waals surface area (Å²) in [5.74, 6) is -2.64. The van der Waals surface area contributed by atoms with Crippen molar-refractivity contribution in [1.82, 2.24) is 5.32 Å². The molecule has 2 unspecified atom stereocenters. The van der Waals surface area contributed by atoms with E-state index in [9.17, 15) is 19.2 Å². The summed E-state index contributed by atoms with van der Waals surface area (Å²) in [6.45, 7) is 3.30. The van der Waals surface area contributed by atoms with E-state index in [2.05, 4.69) is 10.6 Å². The second-order valence-electron chi connectivity index (χ2n) is 5.61. The number of amides is 2. The maximum atomic E-state index is 12.3. The highest BCUT2D eigenvalue weighted by atomic mass is 16.4. The third-order valence-corrected chi connectivity index (χ3v) is 3.41. The van der Waals surface area contributed by atoms with Gasteiger partial charge in [-0.1, -0.05) is 26.0 Å². The van der Waals surface area contributed by atoms with E-state index in [1.807, 2.05) is 0 Å². The molecule has 24 heavy (non-hydrogen) atoms. The van der Waals surface area contributed by atoms with Crippen molar-refractivity contribution in [3.8, 4) is 0 Å². The van der Waals surface area contributed by atoms with Crippen LogP contribution in [-0.4, -0.2) is 41.3 Å². The van der Waals surface area contributed by atoms with Gasteiger partial charge in [-0.2, -0.15) is 0 Å². The van der Waals surface area contributed by atoms with Crippen molar-refractivity contribution in [1.29, 1.82) is 0 Å². The number of nitrogens with one attached hydrogen (secondary N) is 2. The average Bonchev–Trinajstić information content (AvgIpc) is 2.52. The lowest BCUT2D eigenvalue weighted by atomic mass is 10.0. The molecule has 5 N–H and O–H groups in total. The van der Waals surface area contributed by atoms with Gasteiger partial charge in [0.2, 0.25) is 12.3 Å². The molecule has 8 heteroatoms. The Kier molecular flexibility index (Phi) is 7.06. The van der Waals surface area contributed by atoms with Crippen LogP contribution in [0.4, 0.5) is 5.69 Å². The molecule has 0 heterocycles. The SMILES string of the molecule is CC(C)C(NC(=O)C(N)CC(=O)c1ccccc1NC=O)C(=O)O. The molecule has 0 aromatic heterocycles. The zero-order valence-corrected chi connectivity index (χ0v) is 13.5. The lowest BCUT2D eigenvalue weighted by molar-refractivity contribution is -0.143. The molecular formula is C16H21N3O5. The van der Waals surface area contributed by atoms with Gasteiger partial charge < -0.3 is 21.5 Å². The molecule has 1 rings (SSSR count). The molecule has 2 amide bonds. The molecule has 0 radical (unpaired) electrons. The van der Waals surface area contributed by atoms with E-state index in [1.165, 1.54) is 6.07 Å². The molecule has 0 aliphatic rings. The summed E-state index contributed by atoms with van der Waals surface area (Å²) in [4.78, 5) is 45.9. The summed E-state index contributed by atoms with van der Waals surface area (Å²) in [6, 6.07) is 4.05. The summed E-state index contributed by atoms with van der Waals surface area (Å²) in [5.41, 5.74) is 6.26. The summed E-state index contributed by atoms with van der Waals surface area (Å²) in [7, 11) is 0. The first-order valence-corrected chi connectivity index (χ1v) is 7.39. The van der Waals surface area contributed by atoms with Gasteiger partial charge in [0, 0.05) is 12.0 Å². The summed E-state index contributed by atoms with van der Waals surface area (Å²) in [6.07, 6.45) is 0.132. The number of benzene rings is 1. The Morgan fingerprint density at radius 1 is 1.25 bits per heavy atom. The van der Waals surface area contributed by atoms with Gasteiger partial charge in [-0.05, 0) is 18.1 Å². The van der Waals surface area contributed by atoms with E-state index in [0.717, 1.165) is 0 Å². The molecular weight excluding hydrogens is 314 g/mol. The van der Waals surface area contributed by atoms with Crippen LogP contribution in [0.5, 0.6) is 0 Å². The van der Waals surface area contributed by atoms with E-state index in [-0.39, 0.29) is 17.9 Å². The monoisotopic (exact) mass is 335 g/mol.